The smallest absolute Gasteiger partial charge is 0.257 e. The molecule has 29 heavy (non-hydrogen) atoms. The van der Waals surface area contributed by atoms with E-state index in [1.807, 2.05) is 50.2 Å². The first-order chi connectivity index (χ1) is 13.9. The summed E-state index contributed by atoms with van der Waals surface area (Å²) in [6.07, 6.45) is 0. The van der Waals surface area contributed by atoms with Crippen LogP contribution in [0, 0.1) is 13.8 Å². The number of carbonyl (C=O) groups excluding carboxylic acids is 1. The van der Waals surface area contributed by atoms with Crippen LogP contribution in [0.25, 0.3) is 0 Å². The molecule has 5 nitrogen and oxygen atoms in total. The molecule has 1 aliphatic rings. The van der Waals surface area contributed by atoms with E-state index in [9.17, 15) is 4.79 Å². The van der Waals surface area contributed by atoms with Crippen molar-refractivity contribution in [3.63, 3.8) is 0 Å². The number of nitrogens with zero attached hydrogens (tertiary/aromatic N) is 2. The fourth-order valence-corrected chi connectivity index (χ4v) is 4.16. The second-order valence-corrected chi connectivity index (χ2v) is 8.16. The molecule has 7 heteroatoms. The van der Waals surface area contributed by atoms with Gasteiger partial charge in [0.05, 0.1) is 16.4 Å². The van der Waals surface area contributed by atoms with Crippen LogP contribution in [-0.2, 0) is 0 Å². The number of benzene rings is 2. The van der Waals surface area contributed by atoms with E-state index >= 15 is 0 Å². The second kappa shape index (κ2) is 9.57. The number of halogens is 1. The van der Waals surface area contributed by atoms with E-state index in [1.54, 1.807) is 0 Å². The van der Waals surface area contributed by atoms with E-state index in [2.05, 4.69) is 27.4 Å². The molecular formula is C22H27ClN4OS. The van der Waals surface area contributed by atoms with Crippen LogP contribution in [0.15, 0.2) is 36.4 Å². The summed E-state index contributed by atoms with van der Waals surface area (Å²) in [7, 11) is 0. The molecule has 2 N–H and O–H groups in total. The SMILES string of the molecule is CCN1CCN(c2c(Cl)cccc2NC(=S)NC(=O)c2cc(C)cc(C)c2)CC1. The lowest BCUT2D eigenvalue weighted by molar-refractivity contribution is 0.0977. The molecule has 0 aromatic heterocycles. The van der Waals surface area contributed by atoms with E-state index in [4.69, 9.17) is 23.8 Å². The Morgan fingerprint density at radius 3 is 2.38 bits per heavy atom. The molecule has 0 saturated carbocycles. The molecule has 0 aliphatic carbocycles. The quantitative estimate of drug-likeness (QED) is 0.711. The average Bonchev–Trinajstić information content (AvgIpc) is 2.67. The van der Waals surface area contributed by atoms with Crippen molar-refractivity contribution in [3.8, 4) is 0 Å². The van der Waals surface area contributed by atoms with Crippen LogP contribution in [0.2, 0.25) is 5.02 Å². The molecule has 1 aliphatic heterocycles. The molecule has 2 aromatic carbocycles. The zero-order chi connectivity index (χ0) is 21.0. The van der Waals surface area contributed by atoms with Crippen LogP contribution in [0.1, 0.15) is 28.4 Å². The minimum Gasteiger partial charge on any atom is -0.366 e. The zero-order valence-electron chi connectivity index (χ0n) is 17.1. The molecule has 2 aromatic rings. The van der Waals surface area contributed by atoms with Crippen molar-refractivity contribution in [2.45, 2.75) is 20.8 Å². The topological polar surface area (TPSA) is 47.6 Å². The first kappa shape index (κ1) is 21.6. The van der Waals surface area contributed by atoms with E-state index in [1.165, 1.54) is 0 Å². The number of rotatable bonds is 4. The van der Waals surface area contributed by atoms with E-state index in [0.717, 1.165) is 55.2 Å². The number of nitrogens with one attached hydrogen (secondary N) is 2. The van der Waals surface area contributed by atoms with Gasteiger partial charge < -0.3 is 15.1 Å². The molecule has 154 valence electrons. The minimum atomic E-state index is -0.227. The lowest BCUT2D eigenvalue weighted by Gasteiger charge is -2.37. The molecule has 1 heterocycles. The summed E-state index contributed by atoms with van der Waals surface area (Å²) < 4.78 is 0. The number of carbonyl (C=O) groups is 1. The summed E-state index contributed by atoms with van der Waals surface area (Å²) >= 11 is 11.9. The van der Waals surface area contributed by atoms with Gasteiger partial charge in [-0.1, -0.05) is 41.8 Å². The number of piperazine rings is 1. The highest BCUT2D eigenvalue weighted by Gasteiger charge is 2.21. The Bertz CT molecular complexity index is 889. The maximum Gasteiger partial charge on any atom is 0.257 e. The number of aryl methyl sites for hydroxylation is 2. The Morgan fingerprint density at radius 2 is 1.76 bits per heavy atom. The highest BCUT2D eigenvalue weighted by Crippen LogP contribution is 2.34. The standard InChI is InChI=1S/C22H27ClN4OS/c1-4-26-8-10-27(11-9-26)20-18(23)6-5-7-19(20)24-22(29)25-21(28)17-13-15(2)12-16(3)14-17/h5-7,12-14H,4,8-11H2,1-3H3,(H2,24,25,28,29). The maximum atomic E-state index is 12.6. The molecule has 3 rings (SSSR count). The van der Waals surface area contributed by atoms with Crippen LogP contribution in [0.3, 0.4) is 0 Å². The highest BCUT2D eigenvalue weighted by atomic mass is 35.5. The van der Waals surface area contributed by atoms with E-state index in [-0.39, 0.29) is 11.0 Å². The Kier molecular flexibility index (Phi) is 7.11. The maximum absolute atomic E-state index is 12.6. The summed E-state index contributed by atoms with van der Waals surface area (Å²) in [5, 5.41) is 6.86. The summed E-state index contributed by atoms with van der Waals surface area (Å²) in [6, 6.07) is 11.4. The van der Waals surface area contributed by atoms with Gasteiger partial charge in [0.1, 0.15) is 0 Å². The van der Waals surface area contributed by atoms with Gasteiger partial charge in [-0.2, -0.15) is 0 Å². The Morgan fingerprint density at radius 1 is 1.10 bits per heavy atom. The number of para-hydroxylation sites is 1. The molecule has 0 unspecified atom stereocenters. The van der Waals surface area contributed by atoms with Gasteiger partial charge in [0, 0.05) is 31.7 Å². The normalized spacial score (nSPS) is 14.6. The minimum absolute atomic E-state index is 0.227. The van der Waals surface area contributed by atoms with Crippen molar-refractivity contribution in [1.82, 2.24) is 10.2 Å². The van der Waals surface area contributed by atoms with Crippen molar-refractivity contribution >= 4 is 46.2 Å². The van der Waals surface area contributed by atoms with Crippen molar-refractivity contribution in [1.29, 1.82) is 0 Å². The largest absolute Gasteiger partial charge is 0.366 e. The average molecular weight is 431 g/mol. The van der Waals surface area contributed by atoms with Crippen molar-refractivity contribution in [2.24, 2.45) is 0 Å². The molecule has 1 fully saturated rings. The number of hydrogen-bond donors (Lipinski definition) is 2. The number of likely N-dealkylation sites (N-methyl/N-ethyl adjacent to an activating group) is 1. The molecule has 0 spiro atoms. The summed E-state index contributed by atoms with van der Waals surface area (Å²) in [5.41, 5.74) is 4.39. The van der Waals surface area contributed by atoms with E-state index in [0.29, 0.717) is 10.6 Å². The number of hydrogen-bond acceptors (Lipinski definition) is 4. The zero-order valence-corrected chi connectivity index (χ0v) is 18.7. The Balaban J connectivity index is 1.72. The van der Waals surface area contributed by atoms with Gasteiger partial charge in [-0.15, -0.1) is 0 Å². The van der Waals surface area contributed by atoms with Gasteiger partial charge >= 0.3 is 0 Å². The second-order valence-electron chi connectivity index (χ2n) is 7.34. The Hall–Kier alpha value is -2.15. The molecule has 0 bridgehead atoms. The fourth-order valence-electron chi connectivity index (χ4n) is 3.66. The van der Waals surface area contributed by atoms with Crippen LogP contribution < -0.4 is 15.5 Å². The molecule has 1 amide bonds. The van der Waals surface area contributed by atoms with Crippen molar-refractivity contribution in [3.05, 3.63) is 58.1 Å². The van der Waals surface area contributed by atoms with Crippen LogP contribution >= 0.6 is 23.8 Å². The predicted molar refractivity (Wildman–Crippen MR) is 125 cm³/mol. The molecule has 0 atom stereocenters. The molecule has 0 radical (unpaired) electrons. The third-order valence-corrected chi connectivity index (χ3v) is 5.59. The third kappa shape index (κ3) is 5.47. The summed E-state index contributed by atoms with van der Waals surface area (Å²) in [5.74, 6) is -0.227. The van der Waals surface area contributed by atoms with Crippen LogP contribution in [-0.4, -0.2) is 48.6 Å². The van der Waals surface area contributed by atoms with Gasteiger partial charge in [0.15, 0.2) is 5.11 Å². The summed E-state index contributed by atoms with van der Waals surface area (Å²) in [6.45, 7) is 10.9. The van der Waals surface area contributed by atoms with Crippen molar-refractivity contribution in [2.75, 3.05) is 42.9 Å². The molecule has 1 saturated heterocycles. The monoisotopic (exact) mass is 430 g/mol. The lowest BCUT2D eigenvalue weighted by atomic mass is 10.1. The van der Waals surface area contributed by atoms with Gasteiger partial charge in [0.2, 0.25) is 0 Å². The number of amides is 1. The van der Waals surface area contributed by atoms with Gasteiger partial charge in [-0.05, 0) is 56.9 Å². The first-order valence-electron chi connectivity index (χ1n) is 9.84. The van der Waals surface area contributed by atoms with Gasteiger partial charge in [0.25, 0.3) is 5.91 Å². The number of anilines is 2. The highest BCUT2D eigenvalue weighted by molar-refractivity contribution is 7.80. The Labute approximate surface area is 183 Å². The lowest BCUT2D eigenvalue weighted by Crippen LogP contribution is -2.46. The number of thiocarbonyl (C=S) groups is 1. The fraction of sp³-hybridized carbons (Fsp3) is 0.364. The third-order valence-electron chi connectivity index (χ3n) is 5.08. The predicted octanol–water partition coefficient (Wildman–Crippen LogP) is 4.23. The van der Waals surface area contributed by atoms with Gasteiger partial charge in [-0.3, -0.25) is 10.1 Å². The van der Waals surface area contributed by atoms with Crippen LogP contribution in [0.5, 0.6) is 0 Å². The van der Waals surface area contributed by atoms with Crippen molar-refractivity contribution < 1.29 is 4.79 Å². The van der Waals surface area contributed by atoms with E-state index < -0.39 is 0 Å². The summed E-state index contributed by atoms with van der Waals surface area (Å²) in [4.78, 5) is 17.3. The van der Waals surface area contributed by atoms with Gasteiger partial charge in [-0.25, -0.2) is 0 Å². The first-order valence-corrected chi connectivity index (χ1v) is 10.6. The molecular weight excluding hydrogens is 404 g/mol. The van der Waals surface area contributed by atoms with Crippen LogP contribution in [0.4, 0.5) is 11.4 Å².